The molecule has 0 unspecified atom stereocenters. The van der Waals surface area contributed by atoms with Gasteiger partial charge in [0.05, 0.1) is 4.90 Å². The van der Waals surface area contributed by atoms with Crippen LogP contribution in [0.25, 0.3) is 0 Å². The van der Waals surface area contributed by atoms with Crippen molar-refractivity contribution in [3.8, 4) is 0 Å². The largest absolute Gasteiger partial charge is 0.296 e. The molecule has 0 aliphatic carbocycles. The van der Waals surface area contributed by atoms with E-state index >= 15 is 0 Å². The van der Waals surface area contributed by atoms with Crippen LogP contribution >= 0.6 is 22.9 Å². The monoisotopic (exact) mass is 527 g/mol. The number of rotatable bonds is 7. The Morgan fingerprint density at radius 3 is 2.21 bits per heavy atom. The molecule has 0 spiro atoms. The van der Waals surface area contributed by atoms with Crippen LogP contribution in [0.4, 0.5) is 10.8 Å². The van der Waals surface area contributed by atoms with Crippen LogP contribution in [0, 0.1) is 0 Å². The van der Waals surface area contributed by atoms with Crippen molar-refractivity contribution in [2.75, 3.05) is 23.1 Å². The Morgan fingerprint density at radius 2 is 1.58 bits per heavy atom. The predicted molar refractivity (Wildman–Crippen MR) is 125 cm³/mol. The number of anilines is 2. The Balaban J connectivity index is 1.44. The van der Waals surface area contributed by atoms with Crippen molar-refractivity contribution >= 4 is 59.7 Å². The smallest absolute Gasteiger partial charge is 0.291 e. The number of sulfonamides is 2. The number of carbonyl (C=O) groups is 1. The number of nitrogens with zero attached hydrogens (tertiary/aromatic N) is 3. The minimum Gasteiger partial charge on any atom is -0.296 e. The minimum absolute atomic E-state index is 0.00220. The van der Waals surface area contributed by atoms with E-state index in [0.717, 1.165) is 12.8 Å². The summed E-state index contributed by atoms with van der Waals surface area (Å²) >= 11 is 6.48. The topological polar surface area (TPSA) is 138 Å². The van der Waals surface area contributed by atoms with Gasteiger partial charge in [0.2, 0.25) is 15.2 Å². The van der Waals surface area contributed by atoms with E-state index in [9.17, 15) is 21.6 Å². The maximum Gasteiger partial charge on any atom is 0.291 e. The third-order valence-corrected chi connectivity index (χ3v) is 9.52. The van der Waals surface area contributed by atoms with E-state index in [-0.39, 0.29) is 20.1 Å². The maximum atomic E-state index is 12.6. The van der Waals surface area contributed by atoms with Gasteiger partial charge in [-0.05, 0) is 61.4 Å². The summed E-state index contributed by atoms with van der Waals surface area (Å²) in [6, 6.07) is 11.6. The molecule has 1 aliphatic rings. The number of carbonyl (C=O) groups excluding carboxylic acids is 1. The molecule has 10 nitrogen and oxygen atoms in total. The highest BCUT2D eigenvalue weighted by Gasteiger charge is 2.27. The van der Waals surface area contributed by atoms with Crippen molar-refractivity contribution < 1.29 is 21.6 Å². The molecule has 2 N–H and O–H groups in total. The third kappa shape index (κ3) is 5.33. The lowest BCUT2D eigenvalue weighted by Crippen LogP contribution is -2.27. The summed E-state index contributed by atoms with van der Waals surface area (Å²) in [4.78, 5) is 12.3. The molecule has 0 radical (unpaired) electrons. The van der Waals surface area contributed by atoms with Crippen LogP contribution in [0.15, 0.2) is 57.8 Å². The molecule has 14 heteroatoms. The molecule has 33 heavy (non-hydrogen) atoms. The van der Waals surface area contributed by atoms with E-state index in [1.165, 1.54) is 40.7 Å². The van der Waals surface area contributed by atoms with E-state index in [1.54, 1.807) is 12.1 Å². The van der Waals surface area contributed by atoms with Gasteiger partial charge in [-0.1, -0.05) is 22.9 Å². The van der Waals surface area contributed by atoms with Gasteiger partial charge in [-0.3, -0.25) is 14.8 Å². The second kappa shape index (κ2) is 9.35. The summed E-state index contributed by atoms with van der Waals surface area (Å²) in [6.45, 7) is 0.954. The van der Waals surface area contributed by atoms with E-state index < -0.39 is 26.0 Å². The van der Waals surface area contributed by atoms with Gasteiger partial charge in [0.15, 0.2) is 0 Å². The van der Waals surface area contributed by atoms with Crippen molar-refractivity contribution in [2.24, 2.45) is 0 Å². The van der Waals surface area contributed by atoms with Crippen LogP contribution in [0.3, 0.4) is 0 Å². The number of aromatic nitrogens is 2. The second-order valence-electron chi connectivity index (χ2n) is 7.08. The zero-order valence-corrected chi connectivity index (χ0v) is 20.1. The number of nitrogens with one attached hydrogen (secondary N) is 2. The number of amides is 1. The summed E-state index contributed by atoms with van der Waals surface area (Å²) in [5.41, 5.74) is 0.485. The van der Waals surface area contributed by atoms with Gasteiger partial charge in [-0.25, -0.2) is 8.42 Å². The Bertz CT molecular complexity index is 1370. The lowest BCUT2D eigenvalue weighted by molar-refractivity contribution is 0.102. The molecule has 1 saturated heterocycles. The lowest BCUT2D eigenvalue weighted by atomic mass is 10.2. The van der Waals surface area contributed by atoms with Gasteiger partial charge in [0, 0.05) is 29.4 Å². The molecule has 2 aromatic carbocycles. The molecule has 1 aromatic heterocycles. The van der Waals surface area contributed by atoms with Crippen LogP contribution in [-0.4, -0.2) is 50.3 Å². The first-order valence-corrected chi connectivity index (χ1v) is 13.8. The molecule has 1 aliphatic heterocycles. The van der Waals surface area contributed by atoms with Crippen LogP contribution < -0.4 is 10.0 Å². The Hall–Kier alpha value is -2.58. The Morgan fingerprint density at radius 1 is 0.939 bits per heavy atom. The van der Waals surface area contributed by atoms with Crippen LogP contribution in [0.2, 0.25) is 5.02 Å². The fourth-order valence-electron chi connectivity index (χ4n) is 3.11. The highest BCUT2D eigenvalue weighted by molar-refractivity contribution is 7.94. The van der Waals surface area contributed by atoms with E-state index in [0.29, 0.717) is 35.0 Å². The highest BCUT2D eigenvalue weighted by Crippen LogP contribution is 2.25. The molecule has 1 amide bonds. The summed E-state index contributed by atoms with van der Waals surface area (Å²) in [5.74, 6) is -0.491. The summed E-state index contributed by atoms with van der Waals surface area (Å²) in [5, 5.41) is 10.3. The zero-order valence-electron chi connectivity index (χ0n) is 16.9. The van der Waals surface area contributed by atoms with Crippen LogP contribution in [0.1, 0.15) is 23.2 Å². The average Bonchev–Trinajstić information content (AvgIpc) is 3.47. The molecular weight excluding hydrogens is 510 g/mol. The average molecular weight is 528 g/mol. The molecule has 0 saturated carbocycles. The highest BCUT2D eigenvalue weighted by atomic mass is 35.5. The van der Waals surface area contributed by atoms with E-state index in [2.05, 4.69) is 20.2 Å². The van der Waals surface area contributed by atoms with E-state index in [4.69, 9.17) is 11.6 Å². The lowest BCUT2D eigenvalue weighted by Gasteiger charge is -2.15. The van der Waals surface area contributed by atoms with Crippen LogP contribution in [-0.2, 0) is 20.0 Å². The first-order valence-electron chi connectivity index (χ1n) is 9.69. The number of benzene rings is 2. The molecule has 3 aromatic rings. The number of hydrogen-bond donors (Lipinski definition) is 2. The molecule has 4 rings (SSSR count). The van der Waals surface area contributed by atoms with Crippen molar-refractivity contribution in [2.45, 2.75) is 22.1 Å². The second-order valence-corrected chi connectivity index (χ2v) is 12.3. The van der Waals surface area contributed by atoms with Gasteiger partial charge in [-0.15, -0.1) is 10.2 Å². The first-order chi connectivity index (χ1) is 15.6. The normalized spacial score (nSPS) is 14.8. The van der Waals surface area contributed by atoms with Gasteiger partial charge < -0.3 is 0 Å². The molecule has 0 bridgehead atoms. The van der Waals surface area contributed by atoms with Crippen molar-refractivity contribution in [3.63, 3.8) is 0 Å². The molecule has 2 heterocycles. The standard InChI is InChI=1S/C19H18ClN5O5S3/c20-14-5-3-13(4-6-14)17(26)21-18-22-23-19(31-18)32(27,28)24-15-7-9-16(10-8-15)33(29,30)25-11-1-2-12-25/h3-10,24H,1-2,11-12H2,(H,21,22,26). The molecular formula is C19H18ClN5O5S3. The van der Waals surface area contributed by atoms with Crippen molar-refractivity contribution in [3.05, 3.63) is 59.1 Å². The summed E-state index contributed by atoms with van der Waals surface area (Å²) in [7, 11) is -7.69. The Labute approximate surface area is 199 Å². The number of hydrogen-bond acceptors (Lipinski definition) is 8. The predicted octanol–water partition coefficient (Wildman–Crippen LogP) is 3.03. The zero-order chi connectivity index (χ0) is 23.6. The summed E-state index contributed by atoms with van der Waals surface area (Å²) < 4.78 is 53.9. The molecule has 1 fully saturated rings. The third-order valence-electron chi connectivity index (χ3n) is 4.77. The SMILES string of the molecule is O=C(Nc1nnc(S(=O)(=O)Nc2ccc(S(=O)(=O)N3CCCC3)cc2)s1)c1ccc(Cl)cc1. The van der Waals surface area contributed by atoms with Crippen LogP contribution in [0.5, 0.6) is 0 Å². The van der Waals surface area contributed by atoms with Crippen molar-refractivity contribution in [1.29, 1.82) is 0 Å². The minimum atomic E-state index is -4.10. The fourth-order valence-corrected chi connectivity index (χ4v) is 6.71. The van der Waals surface area contributed by atoms with Gasteiger partial charge in [0.25, 0.3) is 20.3 Å². The Kier molecular flexibility index (Phi) is 6.68. The quantitative estimate of drug-likeness (QED) is 0.450. The maximum absolute atomic E-state index is 12.6. The fraction of sp³-hybridized carbons (Fsp3) is 0.211. The molecule has 174 valence electrons. The van der Waals surface area contributed by atoms with Crippen molar-refractivity contribution in [1.82, 2.24) is 14.5 Å². The number of halogens is 1. The van der Waals surface area contributed by atoms with Gasteiger partial charge >= 0.3 is 0 Å². The first kappa shape index (κ1) is 23.6. The van der Waals surface area contributed by atoms with Gasteiger partial charge in [0.1, 0.15) is 0 Å². The summed E-state index contributed by atoms with van der Waals surface area (Å²) in [6.07, 6.45) is 1.64. The molecule has 0 atom stereocenters. The van der Waals surface area contributed by atoms with E-state index in [1.807, 2.05) is 0 Å². The van der Waals surface area contributed by atoms with Gasteiger partial charge in [-0.2, -0.15) is 12.7 Å².